The van der Waals surface area contributed by atoms with E-state index in [9.17, 15) is 13.2 Å². The van der Waals surface area contributed by atoms with Crippen LogP contribution in [-0.2, 0) is 26.1 Å². The number of rotatable bonds is 5. The van der Waals surface area contributed by atoms with Crippen LogP contribution in [0.4, 0.5) is 0 Å². The van der Waals surface area contributed by atoms with Gasteiger partial charge in [-0.3, -0.25) is 4.79 Å². The molecule has 140 valence electrons. The Kier molecular flexibility index (Phi) is 5.33. The van der Waals surface area contributed by atoms with Gasteiger partial charge in [-0.2, -0.15) is 5.10 Å². The second-order valence-electron chi connectivity index (χ2n) is 7.02. The molecule has 1 fully saturated rings. The van der Waals surface area contributed by atoms with Crippen LogP contribution in [-0.4, -0.2) is 43.4 Å². The molecule has 0 bridgehead atoms. The zero-order valence-corrected chi connectivity index (χ0v) is 15.4. The summed E-state index contributed by atoms with van der Waals surface area (Å²) in [6.07, 6.45) is 3.86. The van der Waals surface area contributed by atoms with Gasteiger partial charge in [0.25, 0.3) is 10.0 Å². The summed E-state index contributed by atoms with van der Waals surface area (Å²) in [6.45, 7) is 5.83. The maximum absolute atomic E-state index is 12.5. The van der Waals surface area contributed by atoms with Gasteiger partial charge < -0.3 is 9.47 Å². The van der Waals surface area contributed by atoms with Crippen LogP contribution in [0.25, 0.3) is 0 Å². The van der Waals surface area contributed by atoms with Crippen LogP contribution in [0.2, 0.25) is 0 Å². The summed E-state index contributed by atoms with van der Waals surface area (Å²) in [6, 6.07) is 0. The summed E-state index contributed by atoms with van der Waals surface area (Å²) in [4.78, 5) is 12.2. The molecule has 3 heterocycles. The number of nitrogens with zero attached hydrogens (tertiary/aromatic N) is 2. The maximum atomic E-state index is 12.5. The van der Waals surface area contributed by atoms with Crippen LogP contribution in [0.5, 0.6) is 5.88 Å². The number of sulfonamides is 1. The van der Waals surface area contributed by atoms with Gasteiger partial charge in [-0.15, -0.1) is 0 Å². The van der Waals surface area contributed by atoms with Crippen molar-refractivity contribution < 1.29 is 22.7 Å². The quantitative estimate of drug-likeness (QED) is 0.838. The van der Waals surface area contributed by atoms with Crippen molar-refractivity contribution in [1.29, 1.82) is 0 Å². The summed E-state index contributed by atoms with van der Waals surface area (Å²) < 4.78 is 39.8. The number of ether oxygens (including phenoxy) is 2. The van der Waals surface area contributed by atoms with Gasteiger partial charge in [0.15, 0.2) is 4.90 Å². The van der Waals surface area contributed by atoms with Crippen molar-refractivity contribution in [3.63, 3.8) is 0 Å². The second kappa shape index (κ2) is 7.33. The van der Waals surface area contributed by atoms with Crippen molar-refractivity contribution in [2.24, 2.45) is 11.8 Å². The van der Waals surface area contributed by atoms with Gasteiger partial charge in [-0.1, -0.05) is 13.8 Å². The van der Waals surface area contributed by atoms with E-state index in [4.69, 9.17) is 9.47 Å². The van der Waals surface area contributed by atoms with Crippen molar-refractivity contribution in [2.75, 3.05) is 13.2 Å². The molecule has 2 aliphatic rings. The van der Waals surface area contributed by atoms with E-state index in [1.54, 1.807) is 0 Å². The minimum Gasteiger partial charge on any atom is -0.477 e. The zero-order valence-electron chi connectivity index (χ0n) is 14.6. The first kappa shape index (κ1) is 18.2. The lowest BCUT2D eigenvalue weighted by Gasteiger charge is -2.31. The number of carbonyl (C=O) groups excluding carboxylic acids is 1. The highest BCUT2D eigenvalue weighted by molar-refractivity contribution is 7.90. The highest BCUT2D eigenvalue weighted by Gasteiger charge is 2.31. The van der Waals surface area contributed by atoms with E-state index in [2.05, 4.69) is 23.7 Å². The first-order valence-corrected chi connectivity index (χ1v) is 10.2. The number of fused-ring (bicyclic) bond motifs is 1. The molecule has 2 unspecified atom stereocenters. The Morgan fingerprint density at radius 3 is 3.00 bits per heavy atom. The number of hydrogen-bond donors (Lipinski definition) is 1. The third-order valence-corrected chi connectivity index (χ3v) is 6.05. The molecule has 2 aliphatic heterocycles. The summed E-state index contributed by atoms with van der Waals surface area (Å²) >= 11 is 0. The fourth-order valence-corrected chi connectivity index (χ4v) is 4.36. The van der Waals surface area contributed by atoms with Gasteiger partial charge in [-0.05, 0) is 24.7 Å². The van der Waals surface area contributed by atoms with Gasteiger partial charge in [0.05, 0.1) is 18.9 Å². The Hall–Kier alpha value is -1.61. The van der Waals surface area contributed by atoms with Crippen LogP contribution in [0.1, 0.15) is 39.5 Å². The van der Waals surface area contributed by atoms with Gasteiger partial charge in [0.1, 0.15) is 0 Å². The number of carbonyl (C=O) groups is 1. The molecule has 25 heavy (non-hydrogen) atoms. The predicted octanol–water partition coefficient (Wildman–Crippen LogP) is 1.31. The molecule has 1 N–H and O–H groups in total. The van der Waals surface area contributed by atoms with E-state index >= 15 is 0 Å². The lowest BCUT2D eigenvalue weighted by Crippen LogP contribution is -2.35. The first-order chi connectivity index (χ1) is 11.9. The molecule has 0 saturated carbocycles. The average Bonchev–Trinajstić information content (AvgIpc) is 2.99. The molecular formula is C16H25N3O5S. The Morgan fingerprint density at radius 2 is 2.24 bits per heavy atom. The Balaban J connectivity index is 1.63. The highest BCUT2D eigenvalue weighted by Crippen LogP contribution is 2.29. The molecule has 1 aromatic heterocycles. The summed E-state index contributed by atoms with van der Waals surface area (Å²) in [5.41, 5.74) is 0. The van der Waals surface area contributed by atoms with Crippen LogP contribution in [0.15, 0.2) is 11.1 Å². The van der Waals surface area contributed by atoms with E-state index in [1.165, 1.54) is 10.9 Å². The maximum Gasteiger partial charge on any atom is 0.271 e. The summed E-state index contributed by atoms with van der Waals surface area (Å²) in [5, 5.41) is 4.02. The smallest absolute Gasteiger partial charge is 0.271 e. The van der Waals surface area contributed by atoms with Crippen LogP contribution < -0.4 is 9.46 Å². The topological polar surface area (TPSA) is 99.5 Å². The number of nitrogens with one attached hydrogen (secondary N) is 1. The first-order valence-electron chi connectivity index (χ1n) is 8.72. The average molecular weight is 371 g/mol. The standard InChI is InChI=1S/C16H25N3O5S/c1-11(2)13-8-12(4-7-23-13)9-15(20)18-25(21,22)14-10-17-19-5-3-6-24-16(14)19/h10-13H,3-9H2,1-2H3,(H,18,20). The minimum atomic E-state index is -3.98. The van der Waals surface area contributed by atoms with Gasteiger partial charge in [0, 0.05) is 26.0 Å². The van der Waals surface area contributed by atoms with E-state index in [1.807, 2.05) is 0 Å². The van der Waals surface area contributed by atoms with Crippen LogP contribution in [0, 0.1) is 11.8 Å². The minimum absolute atomic E-state index is 0.0763. The molecule has 8 nitrogen and oxygen atoms in total. The Morgan fingerprint density at radius 1 is 1.44 bits per heavy atom. The van der Waals surface area contributed by atoms with Crippen molar-refractivity contribution in [3.05, 3.63) is 6.20 Å². The number of amides is 1. The number of hydrogen-bond acceptors (Lipinski definition) is 6. The molecule has 1 amide bonds. The SMILES string of the molecule is CC(C)C1CC(CC(=O)NS(=O)(=O)c2cnn3c2OCCC3)CCO1. The Labute approximate surface area is 147 Å². The van der Waals surface area contributed by atoms with E-state index in [0.29, 0.717) is 25.7 Å². The largest absolute Gasteiger partial charge is 0.477 e. The van der Waals surface area contributed by atoms with Crippen molar-refractivity contribution in [2.45, 2.75) is 57.1 Å². The van der Waals surface area contributed by atoms with Crippen molar-refractivity contribution in [3.8, 4) is 5.88 Å². The van der Waals surface area contributed by atoms with Gasteiger partial charge in [-0.25, -0.2) is 17.8 Å². The summed E-state index contributed by atoms with van der Waals surface area (Å²) in [5.74, 6) is 0.224. The number of aryl methyl sites for hydroxylation is 1. The monoisotopic (exact) mass is 371 g/mol. The van der Waals surface area contributed by atoms with E-state index < -0.39 is 15.9 Å². The van der Waals surface area contributed by atoms with Crippen molar-refractivity contribution >= 4 is 15.9 Å². The third kappa shape index (κ3) is 4.14. The summed E-state index contributed by atoms with van der Waals surface area (Å²) in [7, 11) is -3.98. The number of aromatic nitrogens is 2. The molecule has 1 saturated heterocycles. The molecule has 0 radical (unpaired) electrons. The fourth-order valence-electron chi connectivity index (χ4n) is 3.29. The molecule has 9 heteroatoms. The molecular weight excluding hydrogens is 346 g/mol. The van der Waals surface area contributed by atoms with Crippen molar-refractivity contribution in [1.82, 2.24) is 14.5 Å². The van der Waals surface area contributed by atoms with Gasteiger partial charge in [0.2, 0.25) is 11.8 Å². The zero-order chi connectivity index (χ0) is 18.0. The Bertz CT molecular complexity index is 728. The normalized spacial score (nSPS) is 23.8. The third-order valence-electron chi connectivity index (χ3n) is 4.69. The van der Waals surface area contributed by atoms with Crippen LogP contribution >= 0.6 is 0 Å². The van der Waals surface area contributed by atoms with Crippen LogP contribution in [0.3, 0.4) is 0 Å². The predicted molar refractivity (Wildman–Crippen MR) is 89.6 cm³/mol. The molecule has 2 atom stereocenters. The lowest BCUT2D eigenvalue weighted by molar-refractivity contribution is -0.121. The molecule has 0 aromatic carbocycles. The fraction of sp³-hybridized carbons (Fsp3) is 0.750. The molecule has 0 spiro atoms. The second-order valence-corrected chi connectivity index (χ2v) is 8.67. The molecule has 0 aliphatic carbocycles. The van der Waals surface area contributed by atoms with E-state index in [0.717, 1.165) is 19.3 Å². The highest BCUT2D eigenvalue weighted by atomic mass is 32.2. The van der Waals surface area contributed by atoms with E-state index in [-0.39, 0.29) is 29.2 Å². The molecule has 3 rings (SSSR count). The van der Waals surface area contributed by atoms with Gasteiger partial charge >= 0.3 is 0 Å². The molecule has 1 aromatic rings. The lowest BCUT2D eigenvalue weighted by atomic mass is 9.88.